The van der Waals surface area contributed by atoms with E-state index in [-0.39, 0.29) is 18.2 Å². The molecule has 0 saturated heterocycles. The standard InChI is InChI=1S/C16H17ClN2O2/c1-2-19(16(21)18-15(20)10-11-17)14-9-5-7-12-6-3-4-8-13(12)14/h3-9H,2,10-11H2,1H3,(H,18,20,21). The smallest absolute Gasteiger partial charge is 0.294 e. The van der Waals surface area contributed by atoms with E-state index in [1.54, 1.807) is 4.90 Å². The van der Waals surface area contributed by atoms with E-state index in [4.69, 9.17) is 11.6 Å². The second-order valence-electron chi connectivity index (χ2n) is 4.53. The molecule has 0 fully saturated rings. The summed E-state index contributed by atoms with van der Waals surface area (Å²) in [7, 11) is 0. The van der Waals surface area contributed by atoms with Crippen LogP contribution in [0.5, 0.6) is 0 Å². The number of nitrogens with zero attached hydrogens (tertiary/aromatic N) is 1. The third-order valence-electron chi connectivity index (χ3n) is 3.19. The lowest BCUT2D eigenvalue weighted by molar-refractivity contribution is -0.119. The van der Waals surface area contributed by atoms with Crippen LogP contribution in [0.4, 0.5) is 10.5 Å². The number of urea groups is 1. The van der Waals surface area contributed by atoms with Crippen molar-refractivity contribution in [3.05, 3.63) is 42.5 Å². The van der Waals surface area contributed by atoms with Crippen molar-refractivity contribution in [1.82, 2.24) is 5.32 Å². The fraction of sp³-hybridized carbons (Fsp3) is 0.250. The number of benzene rings is 2. The number of carbonyl (C=O) groups is 2. The first-order valence-corrected chi connectivity index (χ1v) is 7.36. The van der Waals surface area contributed by atoms with Gasteiger partial charge in [0, 0.05) is 24.2 Å². The van der Waals surface area contributed by atoms with Crippen LogP contribution < -0.4 is 10.2 Å². The molecule has 0 aliphatic carbocycles. The minimum Gasteiger partial charge on any atom is -0.294 e. The molecule has 0 spiro atoms. The molecule has 5 heteroatoms. The van der Waals surface area contributed by atoms with Gasteiger partial charge in [0.1, 0.15) is 0 Å². The number of halogens is 1. The molecular weight excluding hydrogens is 288 g/mol. The van der Waals surface area contributed by atoms with E-state index in [0.29, 0.717) is 6.54 Å². The molecule has 0 aromatic heterocycles. The number of anilines is 1. The summed E-state index contributed by atoms with van der Waals surface area (Å²) >= 11 is 5.50. The molecule has 2 rings (SSSR count). The van der Waals surface area contributed by atoms with Gasteiger partial charge in [0.15, 0.2) is 0 Å². The van der Waals surface area contributed by atoms with Gasteiger partial charge in [-0.1, -0.05) is 36.4 Å². The number of hydrogen-bond acceptors (Lipinski definition) is 2. The fourth-order valence-electron chi connectivity index (χ4n) is 2.20. The van der Waals surface area contributed by atoms with Crippen molar-refractivity contribution in [1.29, 1.82) is 0 Å². The van der Waals surface area contributed by atoms with E-state index >= 15 is 0 Å². The number of alkyl halides is 1. The third-order valence-corrected chi connectivity index (χ3v) is 3.38. The maximum Gasteiger partial charge on any atom is 0.328 e. The molecule has 0 heterocycles. The topological polar surface area (TPSA) is 49.4 Å². The predicted octanol–water partition coefficient (Wildman–Crippen LogP) is 3.53. The predicted molar refractivity (Wildman–Crippen MR) is 85.8 cm³/mol. The van der Waals surface area contributed by atoms with Crippen molar-refractivity contribution in [2.24, 2.45) is 0 Å². The largest absolute Gasteiger partial charge is 0.328 e. The summed E-state index contributed by atoms with van der Waals surface area (Å²) in [5, 5.41) is 4.38. The Bertz CT molecular complexity index is 652. The van der Waals surface area contributed by atoms with Crippen LogP contribution in [0.3, 0.4) is 0 Å². The Morgan fingerprint density at radius 1 is 1.14 bits per heavy atom. The normalized spacial score (nSPS) is 10.4. The Morgan fingerprint density at radius 3 is 2.57 bits per heavy atom. The van der Waals surface area contributed by atoms with E-state index in [9.17, 15) is 9.59 Å². The Labute approximate surface area is 128 Å². The van der Waals surface area contributed by atoms with E-state index in [0.717, 1.165) is 16.5 Å². The molecule has 110 valence electrons. The molecule has 0 aliphatic heterocycles. The highest BCUT2D eigenvalue weighted by molar-refractivity contribution is 6.19. The summed E-state index contributed by atoms with van der Waals surface area (Å²) in [4.78, 5) is 25.3. The molecule has 0 saturated carbocycles. The lowest BCUT2D eigenvalue weighted by Crippen LogP contribution is -2.43. The second-order valence-corrected chi connectivity index (χ2v) is 4.91. The molecule has 21 heavy (non-hydrogen) atoms. The Kier molecular flexibility index (Phi) is 5.17. The van der Waals surface area contributed by atoms with Gasteiger partial charge in [-0.3, -0.25) is 15.0 Å². The number of rotatable bonds is 4. The van der Waals surface area contributed by atoms with Crippen LogP contribution in [0.25, 0.3) is 10.8 Å². The van der Waals surface area contributed by atoms with Crippen molar-refractivity contribution in [3.63, 3.8) is 0 Å². The van der Waals surface area contributed by atoms with Gasteiger partial charge in [-0.05, 0) is 18.4 Å². The molecular formula is C16H17ClN2O2. The zero-order valence-corrected chi connectivity index (χ0v) is 12.6. The van der Waals surface area contributed by atoms with Crippen molar-refractivity contribution < 1.29 is 9.59 Å². The molecule has 2 aromatic carbocycles. The summed E-state index contributed by atoms with van der Waals surface area (Å²) in [6, 6.07) is 13.2. The summed E-state index contributed by atoms with van der Waals surface area (Å²) in [6.07, 6.45) is 0.125. The lowest BCUT2D eigenvalue weighted by Gasteiger charge is -2.22. The molecule has 0 aliphatic rings. The molecule has 0 radical (unpaired) electrons. The monoisotopic (exact) mass is 304 g/mol. The van der Waals surface area contributed by atoms with Gasteiger partial charge in [0.05, 0.1) is 5.69 Å². The van der Waals surface area contributed by atoms with Crippen LogP contribution in [0, 0.1) is 0 Å². The van der Waals surface area contributed by atoms with Crippen LogP contribution in [0.1, 0.15) is 13.3 Å². The first-order valence-electron chi connectivity index (χ1n) is 6.82. The van der Waals surface area contributed by atoms with E-state index in [1.165, 1.54) is 0 Å². The Balaban J connectivity index is 2.31. The maximum absolute atomic E-state index is 12.3. The number of fused-ring (bicyclic) bond motifs is 1. The molecule has 0 atom stereocenters. The first kappa shape index (κ1) is 15.3. The van der Waals surface area contributed by atoms with E-state index < -0.39 is 6.03 Å². The van der Waals surface area contributed by atoms with Crippen molar-refractivity contribution in [3.8, 4) is 0 Å². The quantitative estimate of drug-likeness (QED) is 0.878. The minimum atomic E-state index is -0.427. The maximum atomic E-state index is 12.3. The molecule has 2 aromatic rings. The highest BCUT2D eigenvalue weighted by atomic mass is 35.5. The number of hydrogen-bond donors (Lipinski definition) is 1. The van der Waals surface area contributed by atoms with Crippen molar-refractivity contribution in [2.75, 3.05) is 17.3 Å². The summed E-state index contributed by atoms with van der Waals surface area (Å²) < 4.78 is 0. The fourth-order valence-corrected chi connectivity index (χ4v) is 2.37. The van der Waals surface area contributed by atoms with Gasteiger partial charge < -0.3 is 0 Å². The zero-order chi connectivity index (χ0) is 15.2. The van der Waals surface area contributed by atoms with Gasteiger partial charge in [-0.25, -0.2) is 4.79 Å². The highest BCUT2D eigenvalue weighted by Crippen LogP contribution is 2.26. The summed E-state index contributed by atoms with van der Waals surface area (Å²) in [5.74, 6) is -0.173. The van der Waals surface area contributed by atoms with Crippen LogP contribution in [-0.2, 0) is 4.79 Å². The van der Waals surface area contributed by atoms with Crippen LogP contribution in [-0.4, -0.2) is 24.4 Å². The first-order chi connectivity index (χ1) is 10.2. The minimum absolute atomic E-state index is 0.125. The van der Waals surface area contributed by atoms with Gasteiger partial charge in [-0.15, -0.1) is 11.6 Å². The molecule has 0 unspecified atom stereocenters. The van der Waals surface area contributed by atoms with Crippen LogP contribution in [0.2, 0.25) is 0 Å². The highest BCUT2D eigenvalue weighted by Gasteiger charge is 2.18. The lowest BCUT2D eigenvalue weighted by atomic mass is 10.1. The molecule has 3 amide bonds. The SMILES string of the molecule is CCN(C(=O)NC(=O)CCCl)c1cccc2ccccc12. The number of imide groups is 1. The Morgan fingerprint density at radius 2 is 1.86 bits per heavy atom. The zero-order valence-electron chi connectivity index (χ0n) is 11.8. The van der Waals surface area contributed by atoms with E-state index in [2.05, 4.69) is 5.32 Å². The van der Waals surface area contributed by atoms with Gasteiger partial charge in [-0.2, -0.15) is 0 Å². The number of carbonyl (C=O) groups excluding carboxylic acids is 2. The van der Waals surface area contributed by atoms with Crippen molar-refractivity contribution in [2.45, 2.75) is 13.3 Å². The van der Waals surface area contributed by atoms with Crippen molar-refractivity contribution >= 4 is 40.0 Å². The van der Waals surface area contributed by atoms with Gasteiger partial charge in [0.2, 0.25) is 5.91 Å². The summed E-state index contributed by atoms with van der Waals surface area (Å²) in [6.45, 7) is 2.33. The second kappa shape index (κ2) is 7.09. The average Bonchev–Trinajstić information content (AvgIpc) is 2.48. The molecule has 0 bridgehead atoms. The number of nitrogens with one attached hydrogen (secondary N) is 1. The van der Waals surface area contributed by atoms with Gasteiger partial charge >= 0.3 is 6.03 Å². The average molecular weight is 305 g/mol. The third kappa shape index (κ3) is 3.52. The van der Waals surface area contributed by atoms with Gasteiger partial charge in [0.25, 0.3) is 0 Å². The summed E-state index contributed by atoms with van der Waals surface area (Å²) in [5.41, 5.74) is 0.784. The Hall–Kier alpha value is -2.07. The van der Waals surface area contributed by atoms with E-state index in [1.807, 2.05) is 49.4 Å². The number of amides is 3. The van der Waals surface area contributed by atoms with Crippen LogP contribution in [0.15, 0.2) is 42.5 Å². The van der Waals surface area contributed by atoms with Crippen LogP contribution >= 0.6 is 11.6 Å². The molecule has 1 N–H and O–H groups in total. The molecule has 4 nitrogen and oxygen atoms in total.